The van der Waals surface area contributed by atoms with Gasteiger partial charge in [0.05, 0.1) is 4.92 Å². The van der Waals surface area contributed by atoms with E-state index in [0.717, 1.165) is 0 Å². The van der Waals surface area contributed by atoms with E-state index in [1.807, 2.05) is 0 Å². The molecule has 0 atom stereocenters. The third kappa shape index (κ3) is 2.53. The van der Waals surface area contributed by atoms with Crippen LogP contribution in [0.1, 0.15) is 10.4 Å². The number of aromatic nitrogens is 3. The van der Waals surface area contributed by atoms with Crippen LogP contribution in [0.4, 0.5) is 10.1 Å². The summed E-state index contributed by atoms with van der Waals surface area (Å²) < 4.78 is 19.8. The van der Waals surface area contributed by atoms with E-state index in [1.165, 1.54) is 11.0 Å². The largest absolute Gasteiger partial charge is 0.478 e. The van der Waals surface area contributed by atoms with E-state index in [-0.39, 0.29) is 6.01 Å². The van der Waals surface area contributed by atoms with E-state index in [2.05, 4.69) is 10.1 Å². The molecule has 0 fully saturated rings. The summed E-state index contributed by atoms with van der Waals surface area (Å²) in [5, 5.41) is 23.3. The number of nitro benzene ring substituents is 1. The van der Waals surface area contributed by atoms with Gasteiger partial charge in [0.25, 0.3) is 0 Å². The molecule has 0 radical (unpaired) electrons. The number of halogens is 1. The van der Waals surface area contributed by atoms with Crippen LogP contribution >= 0.6 is 0 Å². The number of hydrogen-bond acceptors (Lipinski definition) is 6. The van der Waals surface area contributed by atoms with E-state index in [4.69, 9.17) is 9.84 Å². The van der Waals surface area contributed by atoms with Gasteiger partial charge < -0.3 is 9.84 Å². The zero-order valence-electron chi connectivity index (χ0n) is 9.98. The maximum atomic E-state index is 13.5. The maximum Gasteiger partial charge on any atom is 0.341 e. The fourth-order valence-corrected chi connectivity index (χ4v) is 1.40. The van der Waals surface area contributed by atoms with Gasteiger partial charge in [-0.2, -0.15) is 4.98 Å². The van der Waals surface area contributed by atoms with Gasteiger partial charge in [0.15, 0.2) is 0 Å². The molecule has 0 amide bonds. The molecule has 2 rings (SSSR count). The van der Waals surface area contributed by atoms with Gasteiger partial charge in [-0.25, -0.2) is 9.18 Å². The summed E-state index contributed by atoms with van der Waals surface area (Å²) in [7, 11) is 1.54. The number of aryl methyl sites for hydroxylation is 1. The topological polar surface area (TPSA) is 120 Å². The summed E-state index contributed by atoms with van der Waals surface area (Å²) in [6, 6.07) is 0.964. The van der Waals surface area contributed by atoms with Crippen molar-refractivity contribution < 1.29 is 24.0 Å². The average Bonchev–Trinajstić information content (AvgIpc) is 2.74. The summed E-state index contributed by atoms with van der Waals surface area (Å²) in [5.74, 6) is -3.26. The molecule has 104 valence electrons. The van der Waals surface area contributed by atoms with Crippen LogP contribution in [-0.4, -0.2) is 30.8 Å². The summed E-state index contributed by atoms with van der Waals surface area (Å²) in [5.41, 5.74) is -1.52. The minimum Gasteiger partial charge on any atom is -0.478 e. The Balaban J connectivity index is 2.48. The number of carboxylic acid groups (broad SMARTS) is 1. The van der Waals surface area contributed by atoms with Crippen molar-refractivity contribution in [2.24, 2.45) is 7.05 Å². The van der Waals surface area contributed by atoms with Gasteiger partial charge in [-0.3, -0.25) is 14.8 Å². The van der Waals surface area contributed by atoms with Crippen molar-refractivity contribution >= 4 is 11.7 Å². The molecule has 1 heterocycles. The van der Waals surface area contributed by atoms with E-state index < -0.39 is 33.7 Å². The highest BCUT2D eigenvalue weighted by Crippen LogP contribution is 2.32. The van der Waals surface area contributed by atoms with E-state index in [9.17, 15) is 19.3 Å². The molecule has 0 aliphatic carbocycles. The van der Waals surface area contributed by atoms with Gasteiger partial charge in [0, 0.05) is 19.2 Å². The standard InChI is InChI=1S/C10H7FN4O5/c1-14-4-12-10(13-14)20-8-3-6(11)5(9(16)17)2-7(8)15(18)19/h2-4H,1H3,(H,16,17). The predicted molar refractivity (Wildman–Crippen MR) is 61.1 cm³/mol. The third-order valence-electron chi connectivity index (χ3n) is 2.26. The maximum absolute atomic E-state index is 13.5. The number of carbonyl (C=O) groups is 1. The second-order valence-corrected chi connectivity index (χ2v) is 3.66. The quantitative estimate of drug-likeness (QED) is 0.663. The Morgan fingerprint density at radius 3 is 2.75 bits per heavy atom. The molecule has 0 saturated carbocycles. The van der Waals surface area contributed by atoms with Crippen LogP contribution in [-0.2, 0) is 7.05 Å². The molecule has 20 heavy (non-hydrogen) atoms. The van der Waals surface area contributed by atoms with Crippen molar-refractivity contribution in [1.29, 1.82) is 0 Å². The molecular formula is C10H7FN4O5. The molecule has 0 aliphatic heterocycles. The Bertz CT molecular complexity index is 699. The Kier molecular flexibility index (Phi) is 3.29. The third-order valence-corrected chi connectivity index (χ3v) is 2.26. The Morgan fingerprint density at radius 1 is 1.55 bits per heavy atom. The van der Waals surface area contributed by atoms with Crippen molar-refractivity contribution in [3.8, 4) is 11.8 Å². The van der Waals surface area contributed by atoms with Crippen molar-refractivity contribution in [1.82, 2.24) is 14.8 Å². The highest BCUT2D eigenvalue weighted by Gasteiger charge is 2.24. The summed E-state index contributed by atoms with van der Waals surface area (Å²) in [4.78, 5) is 24.4. The highest BCUT2D eigenvalue weighted by molar-refractivity contribution is 5.89. The fraction of sp³-hybridized carbons (Fsp3) is 0.100. The molecule has 0 saturated heterocycles. The first-order chi connectivity index (χ1) is 9.38. The molecule has 1 aromatic heterocycles. The van der Waals surface area contributed by atoms with Crippen LogP contribution in [0.25, 0.3) is 0 Å². The van der Waals surface area contributed by atoms with Crippen LogP contribution in [0, 0.1) is 15.9 Å². The van der Waals surface area contributed by atoms with Gasteiger partial charge in [-0.15, -0.1) is 5.10 Å². The van der Waals surface area contributed by atoms with Gasteiger partial charge in [0.1, 0.15) is 17.7 Å². The summed E-state index contributed by atoms with van der Waals surface area (Å²) in [6.45, 7) is 0. The first-order valence-electron chi connectivity index (χ1n) is 5.13. The van der Waals surface area contributed by atoms with Crippen LogP contribution < -0.4 is 4.74 Å². The number of nitro groups is 1. The Labute approximate surface area is 110 Å². The van der Waals surface area contributed by atoms with Crippen LogP contribution in [0.2, 0.25) is 0 Å². The van der Waals surface area contributed by atoms with Gasteiger partial charge in [-0.05, 0) is 0 Å². The van der Waals surface area contributed by atoms with E-state index in [1.54, 1.807) is 7.05 Å². The molecule has 0 unspecified atom stereocenters. The fourth-order valence-electron chi connectivity index (χ4n) is 1.40. The van der Waals surface area contributed by atoms with Crippen molar-refractivity contribution in [2.75, 3.05) is 0 Å². The number of nitrogens with zero attached hydrogens (tertiary/aromatic N) is 4. The number of aromatic carboxylic acids is 1. The summed E-state index contributed by atoms with van der Waals surface area (Å²) in [6.07, 6.45) is 1.28. The minimum absolute atomic E-state index is 0.224. The first kappa shape index (κ1) is 13.4. The first-order valence-corrected chi connectivity index (χ1v) is 5.13. The number of carboxylic acids is 1. The lowest BCUT2D eigenvalue weighted by Gasteiger charge is -2.04. The normalized spacial score (nSPS) is 10.3. The van der Waals surface area contributed by atoms with Crippen LogP contribution in [0.15, 0.2) is 18.5 Å². The zero-order valence-corrected chi connectivity index (χ0v) is 9.98. The van der Waals surface area contributed by atoms with E-state index in [0.29, 0.717) is 12.1 Å². The number of hydrogen-bond donors (Lipinski definition) is 1. The predicted octanol–water partition coefficient (Wildman–Crippen LogP) is 1.35. The molecule has 0 bridgehead atoms. The molecular weight excluding hydrogens is 275 g/mol. The monoisotopic (exact) mass is 282 g/mol. The van der Waals surface area contributed by atoms with E-state index >= 15 is 0 Å². The van der Waals surface area contributed by atoms with Crippen molar-refractivity contribution in [3.05, 3.63) is 40.0 Å². The zero-order chi connectivity index (χ0) is 14.9. The Hall–Kier alpha value is -3.04. The van der Waals surface area contributed by atoms with Crippen LogP contribution in [0.5, 0.6) is 11.8 Å². The van der Waals surface area contributed by atoms with Crippen molar-refractivity contribution in [3.63, 3.8) is 0 Å². The summed E-state index contributed by atoms with van der Waals surface area (Å²) >= 11 is 0. The lowest BCUT2D eigenvalue weighted by molar-refractivity contribution is -0.385. The van der Waals surface area contributed by atoms with Crippen LogP contribution in [0.3, 0.4) is 0 Å². The number of rotatable bonds is 4. The molecule has 10 heteroatoms. The highest BCUT2D eigenvalue weighted by atomic mass is 19.1. The van der Waals surface area contributed by atoms with Gasteiger partial charge >= 0.3 is 17.7 Å². The second kappa shape index (κ2) is 4.91. The average molecular weight is 282 g/mol. The molecule has 0 aliphatic rings. The van der Waals surface area contributed by atoms with Gasteiger partial charge in [0.2, 0.25) is 5.75 Å². The SMILES string of the molecule is Cn1cnc(Oc2cc(F)c(C(=O)O)cc2[N+](=O)[O-])n1. The number of ether oxygens (including phenoxy) is 1. The molecule has 2 aromatic rings. The smallest absolute Gasteiger partial charge is 0.341 e. The Morgan fingerprint density at radius 2 is 2.25 bits per heavy atom. The molecule has 1 N–H and O–H groups in total. The lowest BCUT2D eigenvalue weighted by Crippen LogP contribution is -2.04. The lowest BCUT2D eigenvalue weighted by atomic mass is 10.2. The number of benzene rings is 1. The second-order valence-electron chi connectivity index (χ2n) is 3.66. The van der Waals surface area contributed by atoms with Crippen molar-refractivity contribution in [2.45, 2.75) is 0 Å². The molecule has 1 aromatic carbocycles. The van der Waals surface area contributed by atoms with Gasteiger partial charge in [-0.1, -0.05) is 0 Å². The molecule has 9 nitrogen and oxygen atoms in total. The molecule has 0 spiro atoms. The minimum atomic E-state index is -1.62.